The maximum absolute atomic E-state index is 13.2. The molecule has 2 heterocycles. The van der Waals surface area contributed by atoms with Gasteiger partial charge in [0.1, 0.15) is 17.1 Å². The van der Waals surface area contributed by atoms with Crippen LogP contribution in [0.3, 0.4) is 0 Å². The second-order valence-corrected chi connectivity index (χ2v) is 7.75. The predicted octanol–water partition coefficient (Wildman–Crippen LogP) is 4.88. The van der Waals surface area contributed by atoms with Crippen LogP contribution in [0.15, 0.2) is 48.5 Å². The molecule has 0 saturated carbocycles. The Bertz CT molecular complexity index is 1080. The molecule has 4 rings (SSSR count). The highest BCUT2D eigenvalue weighted by molar-refractivity contribution is 6.30. The number of anilines is 1. The molecule has 2 aromatic carbocycles. The number of hydrogen-bond donors (Lipinski definition) is 1. The Morgan fingerprint density at radius 2 is 2.00 bits per heavy atom. The molecule has 0 spiro atoms. The normalized spacial score (nSPS) is 15.7. The maximum atomic E-state index is 13.2. The van der Waals surface area contributed by atoms with Gasteiger partial charge < -0.3 is 15.0 Å². The number of ether oxygens (including phenoxy) is 1. The zero-order valence-electron chi connectivity index (χ0n) is 17.4. The van der Waals surface area contributed by atoms with E-state index in [4.69, 9.17) is 16.3 Å². The first-order valence-electron chi connectivity index (χ1n) is 10.1. The molecular formula is C23H25ClN4O2. The van der Waals surface area contributed by atoms with Gasteiger partial charge in [0.05, 0.1) is 30.5 Å². The molecule has 156 valence electrons. The summed E-state index contributed by atoms with van der Waals surface area (Å²) in [6, 6.07) is 15.4. The smallest absolute Gasteiger partial charge is 0.257 e. The van der Waals surface area contributed by atoms with Gasteiger partial charge in [-0.2, -0.15) is 5.10 Å². The third-order valence-corrected chi connectivity index (χ3v) is 5.73. The molecule has 30 heavy (non-hydrogen) atoms. The van der Waals surface area contributed by atoms with Crippen molar-refractivity contribution in [2.75, 3.05) is 19.0 Å². The zero-order valence-corrected chi connectivity index (χ0v) is 18.1. The molecule has 1 aromatic heterocycles. The Balaban J connectivity index is 1.71. The lowest BCUT2D eigenvalue weighted by Gasteiger charge is -2.38. The fraction of sp³-hybridized carbons (Fsp3) is 0.304. The van der Waals surface area contributed by atoms with E-state index in [2.05, 4.69) is 17.3 Å². The van der Waals surface area contributed by atoms with Crippen molar-refractivity contribution in [1.29, 1.82) is 0 Å². The standard InChI is InChI=1S/C23H25ClN4O2/c1-4-12-27-22(25-19-11-6-5-10-18(19)23(27)29)20-15(2)26-28(21(20)24)14-16-8-7-9-17(13-16)30-3/h5-11,13,22,25H,4,12,14H2,1-3H3/t22-/m1/s1. The van der Waals surface area contributed by atoms with Crippen molar-refractivity contribution in [3.63, 3.8) is 0 Å². The molecule has 0 fully saturated rings. The summed E-state index contributed by atoms with van der Waals surface area (Å²) in [6.45, 7) is 5.13. The number of aromatic nitrogens is 2. The third kappa shape index (κ3) is 3.63. The number of benzene rings is 2. The molecule has 1 aliphatic rings. The van der Waals surface area contributed by atoms with Crippen LogP contribution in [0, 0.1) is 6.92 Å². The SMILES string of the molecule is CCCN1C(=O)c2ccccc2N[C@H]1c1c(C)nn(Cc2cccc(OC)c2)c1Cl. The number of fused-ring (bicyclic) bond motifs is 1. The van der Waals surface area contributed by atoms with Crippen molar-refractivity contribution < 1.29 is 9.53 Å². The van der Waals surface area contributed by atoms with E-state index in [-0.39, 0.29) is 12.1 Å². The molecule has 6 nitrogen and oxygen atoms in total. The van der Waals surface area contributed by atoms with E-state index in [0.717, 1.165) is 34.7 Å². The van der Waals surface area contributed by atoms with Crippen LogP contribution in [0.5, 0.6) is 5.75 Å². The van der Waals surface area contributed by atoms with Crippen LogP contribution in [0.1, 0.15) is 46.7 Å². The quantitative estimate of drug-likeness (QED) is 0.612. The number of carbonyl (C=O) groups is 1. The molecule has 0 bridgehead atoms. The van der Waals surface area contributed by atoms with Crippen LogP contribution in [0.2, 0.25) is 5.15 Å². The number of para-hydroxylation sites is 1. The average Bonchev–Trinajstić information content (AvgIpc) is 3.03. The number of nitrogens with one attached hydrogen (secondary N) is 1. The van der Waals surface area contributed by atoms with Gasteiger partial charge in [-0.05, 0) is 43.2 Å². The van der Waals surface area contributed by atoms with E-state index in [0.29, 0.717) is 23.8 Å². The van der Waals surface area contributed by atoms with Gasteiger partial charge in [-0.1, -0.05) is 42.8 Å². The molecule has 0 radical (unpaired) electrons. The summed E-state index contributed by atoms with van der Waals surface area (Å²) in [5.74, 6) is 0.796. The van der Waals surface area contributed by atoms with Crippen molar-refractivity contribution >= 4 is 23.2 Å². The van der Waals surface area contributed by atoms with Crippen LogP contribution < -0.4 is 10.1 Å². The Morgan fingerprint density at radius 3 is 2.77 bits per heavy atom. The number of aryl methyl sites for hydroxylation is 1. The Labute approximate surface area is 181 Å². The highest BCUT2D eigenvalue weighted by Crippen LogP contribution is 2.37. The molecule has 1 aliphatic heterocycles. The van der Waals surface area contributed by atoms with Crippen molar-refractivity contribution in [3.05, 3.63) is 76.1 Å². The largest absolute Gasteiger partial charge is 0.497 e. The van der Waals surface area contributed by atoms with Gasteiger partial charge in [-0.3, -0.25) is 4.79 Å². The highest BCUT2D eigenvalue weighted by atomic mass is 35.5. The maximum Gasteiger partial charge on any atom is 0.257 e. The van der Waals surface area contributed by atoms with Crippen LogP contribution in [0.4, 0.5) is 5.69 Å². The lowest BCUT2D eigenvalue weighted by Crippen LogP contribution is -2.43. The molecule has 0 aliphatic carbocycles. The van der Waals surface area contributed by atoms with Crippen LogP contribution >= 0.6 is 11.6 Å². The zero-order chi connectivity index (χ0) is 21.3. The molecule has 7 heteroatoms. The van der Waals surface area contributed by atoms with Crippen molar-refractivity contribution in [2.24, 2.45) is 0 Å². The van der Waals surface area contributed by atoms with E-state index in [1.165, 1.54) is 0 Å². The fourth-order valence-corrected chi connectivity index (χ4v) is 4.26. The first-order chi connectivity index (χ1) is 14.5. The Kier molecular flexibility index (Phi) is 5.68. The third-order valence-electron chi connectivity index (χ3n) is 5.34. The summed E-state index contributed by atoms with van der Waals surface area (Å²) in [4.78, 5) is 15.0. The summed E-state index contributed by atoms with van der Waals surface area (Å²) >= 11 is 6.82. The minimum atomic E-state index is -0.362. The Hall–Kier alpha value is -2.99. The predicted molar refractivity (Wildman–Crippen MR) is 118 cm³/mol. The van der Waals surface area contributed by atoms with Gasteiger partial charge in [0.25, 0.3) is 5.91 Å². The monoisotopic (exact) mass is 424 g/mol. The number of hydrogen-bond acceptors (Lipinski definition) is 4. The van der Waals surface area contributed by atoms with E-state index < -0.39 is 0 Å². The van der Waals surface area contributed by atoms with Gasteiger partial charge in [0.15, 0.2) is 0 Å². The van der Waals surface area contributed by atoms with Crippen molar-refractivity contribution in [1.82, 2.24) is 14.7 Å². The number of nitrogens with zero attached hydrogens (tertiary/aromatic N) is 3. The number of amides is 1. The molecule has 1 N–H and O–H groups in total. The van der Waals surface area contributed by atoms with Crippen LogP contribution in [-0.2, 0) is 6.54 Å². The molecular weight excluding hydrogens is 400 g/mol. The van der Waals surface area contributed by atoms with Crippen molar-refractivity contribution in [2.45, 2.75) is 33.0 Å². The van der Waals surface area contributed by atoms with Crippen LogP contribution in [0.25, 0.3) is 0 Å². The Morgan fingerprint density at radius 1 is 1.20 bits per heavy atom. The van der Waals surface area contributed by atoms with Gasteiger partial charge in [-0.15, -0.1) is 0 Å². The molecule has 1 amide bonds. The van der Waals surface area contributed by atoms with Gasteiger partial charge in [0.2, 0.25) is 0 Å². The van der Waals surface area contributed by atoms with Crippen LogP contribution in [-0.4, -0.2) is 34.2 Å². The second-order valence-electron chi connectivity index (χ2n) is 7.39. The summed E-state index contributed by atoms with van der Waals surface area (Å²) < 4.78 is 7.09. The van der Waals surface area contributed by atoms with E-state index in [9.17, 15) is 4.79 Å². The first kappa shape index (κ1) is 20.3. The van der Waals surface area contributed by atoms with Gasteiger partial charge in [-0.25, -0.2) is 4.68 Å². The first-order valence-corrected chi connectivity index (χ1v) is 10.4. The van der Waals surface area contributed by atoms with E-state index >= 15 is 0 Å². The van der Waals surface area contributed by atoms with Crippen molar-refractivity contribution in [3.8, 4) is 5.75 Å². The number of halogens is 1. The minimum Gasteiger partial charge on any atom is -0.497 e. The lowest BCUT2D eigenvalue weighted by atomic mass is 10.0. The van der Waals surface area contributed by atoms with Gasteiger partial charge >= 0.3 is 0 Å². The second kappa shape index (κ2) is 8.40. The highest BCUT2D eigenvalue weighted by Gasteiger charge is 2.35. The molecule has 0 unspecified atom stereocenters. The summed E-state index contributed by atoms with van der Waals surface area (Å²) in [6.07, 6.45) is 0.486. The van der Waals surface area contributed by atoms with E-state index in [1.54, 1.807) is 11.8 Å². The molecule has 1 atom stereocenters. The average molecular weight is 425 g/mol. The molecule has 3 aromatic rings. The lowest BCUT2D eigenvalue weighted by molar-refractivity contribution is 0.0683. The summed E-state index contributed by atoms with van der Waals surface area (Å²) in [5, 5.41) is 8.71. The molecule has 0 saturated heterocycles. The number of carbonyl (C=O) groups excluding carboxylic acids is 1. The number of methoxy groups -OCH3 is 1. The summed E-state index contributed by atoms with van der Waals surface area (Å²) in [7, 11) is 1.65. The fourth-order valence-electron chi connectivity index (χ4n) is 3.92. The number of rotatable bonds is 6. The summed E-state index contributed by atoms with van der Waals surface area (Å²) in [5.41, 5.74) is 4.16. The van der Waals surface area contributed by atoms with Gasteiger partial charge in [0, 0.05) is 12.2 Å². The topological polar surface area (TPSA) is 59.4 Å². The minimum absolute atomic E-state index is 0.00668. The van der Waals surface area contributed by atoms with E-state index in [1.807, 2.05) is 60.4 Å².